The fourth-order valence-corrected chi connectivity index (χ4v) is 5.29. The highest BCUT2D eigenvalue weighted by Crippen LogP contribution is 2.30. The minimum Gasteiger partial charge on any atom is -0.456 e. The number of amides is 1. The van der Waals surface area contributed by atoms with Crippen molar-refractivity contribution in [3.8, 4) is 11.5 Å². The monoisotopic (exact) mass is 457 g/mol. The number of aromatic nitrogens is 1. The molecule has 0 spiro atoms. The van der Waals surface area contributed by atoms with Gasteiger partial charge in [-0.05, 0) is 67.4 Å². The standard InChI is InChI=1S/C22H20ClN3O4S/c23-20-10-7-17(14-21(20)31(28,29)26-12-1-2-13-26)25-22(27)16-5-8-18(9-6-16)30-19-4-3-11-24-15-19/h3-11,14-15H,1-2,12-13H2,(H,25,27). The third-order valence-corrected chi connectivity index (χ3v) is 7.24. The maximum atomic E-state index is 12.9. The van der Waals surface area contributed by atoms with Gasteiger partial charge in [-0.2, -0.15) is 4.31 Å². The van der Waals surface area contributed by atoms with Crippen molar-refractivity contribution in [2.24, 2.45) is 0 Å². The fraction of sp³-hybridized carbons (Fsp3) is 0.182. The topological polar surface area (TPSA) is 88.6 Å². The van der Waals surface area contributed by atoms with Crippen molar-refractivity contribution in [2.45, 2.75) is 17.7 Å². The molecular weight excluding hydrogens is 438 g/mol. The molecule has 160 valence electrons. The van der Waals surface area contributed by atoms with Gasteiger partial charge in [-0.25, -0.2) is 8.42 Å². The minimum absolute atomic E-state index is 0.00548. The number of rotatable bonds is 6. The van der Waals surface area contributed by atoms with Crippen LogP contribution in [0.25, 0.3) is 0 Å². The van der Waals surface area contributed by atoms with Crippen LogP contribution in [0.5, 0.6) is 11.5 Å². The summed E-state index contributed by atoms with van der Waals surface area (Å²) < 4.78 is 32.8. The number of benzene rings is 2. The van der Waals surface area contributed by atoms with Crippen molar-refractivity contribution in [3.05, 3.63) is 77.6 Å². The molecule has 1 amide bonds. The van der Waals surface area contributed by atoms with E-state index in [-0.39, 0.29) is 15.8 Å². The first-order chi connectivity index (χ1) is 14.9. The Morgan fingerprint density at radius 2 is 1.77 bits per heavy atom. The van der Waals surface area contributed by atoms with Crippen LogP contribution >= 0.6 is 11.6 Å². The van der Waals surface area contributed by atoms with E-state index in [2.05, 4.69) is 10.3 Å². The van der Waals surface area contributed by atoms with Crippen LogP contribution < -0.4 is 10.1 Å². The first-order valence-electron chi connectivity index (χ1n) is 9.72. The number of nitrogens with one attached hydrogen (secondary N) is 1. The normalized spacial score (nSPS) is 14.4. The molecule has 0 unspecified atom stereocenters. The Morgan fingerprint density at radius 1 is 1.03 bits per heavy atom. The molecule has 4 rings (SSSR count). The number of hydrogen-bond acceptors (Lipinski definition) is 5. The molecule has 9 heteroatoms. The van der Waals surface area contributed by atoms with E-state index in [0.29, 0.717) is 35.8 Å². The lowest BCUT2D eigenvalue weighted by molar-refractivity contribution is 0.102. The Kier molecular flexibility index (Phi) is 6.22. The summed E-state index contributed by atoms with van der Waals surface area (Å²) in [5, 5.41) is 2.85. The second-order valence-electron chi connectivity index (χ2n) is 7.03. The van der Waals surface area contributed by atoms with Crippen molar-refractivity contribution >= 4 is 33.2 Å². The third-order valence-electron chi connectivity index (χ3n) is 4.86. The number of nitrogens with zero attached hydrogens (tertiary/aromatic N) is 2. The van der Waals surface area contributed by atoms with Crippen LogP contribution in [0, 0.1) is 0 Å². The molecule has 1 N–H and O–H groups in total. The average molecular weight is 458 g/mol. The van der Waals surface area contributed by atoms with Crippen LogP contribution in [0.3, 0.4) is 0 Å². The van der Waals surface area contributed by atoms with Gasteiger partial charge in [0.2, 0.25) is 10.0 Å². The quantitative estimate of drug-likeness (QED) is 0.586. The molecular formula is C22H20ClN3O4S. The van der Waals surface area contributed by atoms with Crippen LogP contribution in [0.15, 0.2) is 71.9 Å². The predicted octanol–water partition coefficient (Wildman–Crippen LogP) is 4.56. The second kappa shape index (κ2) is 9.05. The van der Waals surface area contributed by atoms with Gasteiger partial charge in [0, 0.05) is 30.5 Å². The van der Waals surface area contributed by atoms with E-state index in [1.54, 1.807) is 54.9 Å². The zero-order chi connectivity index (χ0) is 21.8. The molecule has 0 saturated carbocycles. The molecule has 0 aliphatic carbocycles. The molecule has 0 bridgehead atoms. The Hall–Kier alpha value is -2.94. The summed E-state index contributed by atoms with van der Waals surface area (Å²) in [6.07, 6.45) is 4.90. The second-order valence-corrected chi connectivity index (χ2v) is 9.34. The van der Waals surface area contributed by atoms with Crippen LogP contribution in [-0.2, 0) is 10.0 Å². The number of ether oxygens (including phenoxy) is 1. The molecule has 2 heterocycles. The number of anilines is 1. The molecule has 1 saturated heterocycles. The van der Waals surface area contributed by atoms with Gasteiger partial charge in [0.1, 0.15) is 16.4 Å². The molecule has 1 aliphatic heterocycles. The molecule has 7 nitrogen and oxygen atoms in total. The van der Waals surface area contributed by atoms with Gasteiger partial charge in [0.15, 0.2) is 0 Å². The van der Waals surface area contributed by atoms with E-state index >= 15 is 0 Å². The average Bonchev–Trinajstić information content (AvgIpc) is 3.32. The summed E-state index contributed by atoms with van der Waals surface area (Å²) in [6.45, 7) is 0.950. The zero-order valence-electron chi connectivity index (χ0n) is 16.5. The van der Waals surface area contributed by atoms with Crippen LogP contribution in [-0.4, -0.2) is 36.7 Å². The lowest BCUT2D eigenvalue weighted by Crippen LogP contribution is -2.28. The van der Waals surface area contributed by atoms with Crippen LogP contribution in [0.2, 0.25) is 5.02 Å². The molecule has 0 atom stereocenters. The van der Waals surface area contributed by atoms with E-state index < -0.39 is 10.0 Å². The lowest BCUT2D eigenvalue weighted by atomic mass is 10.2. The van der Waals surface area contributed by atoms with Gasteiger partial charge >= 0.3 is 0 Å². The third kappa shape index (κ3) is 4.87. The molecule has 3 aromatic rings. The van der Waals surface area contributed by atoms with E-state index in [0.717, 1.165) is 12.8 Å². The summed E-state index contributed by atoms with van der Waals surface area (Å²) in [7, 11) is -3.70. The molecule has 2 aromatic carbocycles. The Morgan fingerprint density at radius 3 is 2.45 bits per heavy atom. The van der Waals surface area contributed by atoms with E-state index in [1.165, 1.54) is 16.4 Å². The smallest absolute Gasteiger partial charge is 0.255 e. The molecule has 0 radical (unpaired) electrons. The highest BCUT2D eigenvalue weighted by atomic mass is 35.5. The maximum Gasteiger partial charge on any atom is 0.255 e. The SMILES string of the molecule is O=C(Nc1ccc(Cl)c(S(=O)(=O)N2CCCC2)c1)c1ccc(Oc2cccnc2)cc1. The highest BCUT2D eigenvalue weighted by molar-refractivity contribution is 7.89. The van der Waals surface area contributed by atoms with Crippen molar-refractivity contribution in [1.29, 1.82) is 0 Å². The number of halogens is 1. The largest absolute Gasteiger partial charge is 0.456 e. The van der Waals surface area contributed by atoms with Gasteiger partial charge in [-0.15, -0.1) is 0 Å². The highest BCUT2D eigenvalue weighted by Gasteiger charge is 2.29. The lowest BCUT2D eigenvalue weighted by Gasteiger charge is -2.17. The van der Waals surface area contributed by atoms with E-state index in [4.69, 9.17) is 16.3 Å². The van der Waals surface area contributed by atoms with E-state index in [1.807, 2.05) is 0 Å². The maximum absolute atomic E-state index is 12.9. The fourth-order valence-electron chi connectivity index (χ4n) is 3.27. The van der Waals surface area contributed by atoms with Gasteiger partial charge in [0.25, 0.3) is 5.91 Å². The first kappa shape index (κ1) is 21.3. The van der Waals surface area contributed by atoms with Crippen molar-refractivity contribution < 1.29 is 17.9 Å². The van der Waals surface area contributed by atoms with Gasteiger partial charge in [0.05, 0.1) is 11.2 Å². The van der Waals surface area contributed by atoms with Gasteiger partial charge in [-0.1, -0.05) is 11.6 Å². The predicted molar refractivity (Wildman–Crippen MR) is 118 cm³/mol. The number of pyridine rings is 1. The summed E-state index contributed by atoms with van der Waals surface area (Å²) in [5.41, 5.74) is 0.750. The Labute approximate surface area is 185 Å². The molecule has 1 fully saturated rings. The summed E-state index contributed by atoms with van der Waals surface area (Å²) in [6, 6.07) is 14.6. The molecule has 1 aromatic heterocycles. The molecule has 31 heavy (non-hydrogen) atoms. The number of sulfonamides is 1. The van der Waals surface area contributed by atoms with Crippen molar-refractivity contribution in [3.63, 3.8) is 0 Å². The number of hydrogen-bond donors (Lipinski definition) is 1. The van der Waals surface area contributed by atoms with E-state index in [9.17, 15) is 13.2 Å². The van der Waals surface area contributed by atoms with Gasteiger partial charge < -0.3 is 10.1 Å². The van der Waals surface area contributed by atoms with Gasteiger partial charge in [-0.3, -0.25) is 9.78 Å². The first-order valence-corrected chi connectivity index (χ1v) is 11.5. The van der Waals surface area contributed by atoms with Crippen LogP contribution in [0.1, 0.15) is 23.2 Å². The summed E-state index contributed by atoms with van der Waals surface area (Å²) in [4.78, 5) is 16.6. The zero-order valence-corrected chi connectivity index (χ0v) is 18.1. The minimum atomic E-state index is -3.70. The molecule has 1 aliphatic rings. The van der Waals surface area contributed by atoms with Crippen molar-refractivity contribution in [1.82, 2.24) is 9.29 Å². The Balaban J connectivity index is 1.48. The number of carbonyl (C=O) groups is 1. The summed E-state index contributed by atoms with van der Waals surface area (Å²) >= 11 is 6.16. The Bertz CT molecular complexity index is 1180. The van der Waals surface area contributed by atoms with Crippen LogP contribution in [0.4, 0.5) is 5.69 Å². The van der Waals surface area contributed by atoms with Crippen molar-refractivity contribution in [2.75, 3.05) is 18.4 Å². The number of carbonyl (C=O) groups excluding carboxylic acids is 1. The summed E-state index contributed by atoms with van der Waals surface area (Å²) in [5.74, 6) is 0.780.